The molecule has 2 atom stereocenters. The van der Waals surface area contributed by atoms with Crippen LogP contribution in [0.1, 0.15) is 22.2 Å². The van der Waals surface area contributed by atoms with Crippen molar-refractivity contribution in [1.29, 1.82) is 0 Å². The molecule has 0 bridgehead atoms. The number of esters is 1. The summed E-state index contributed by atoms with van der Waals surface area (Å²) in [5.41, 5.74) is 0.889. The second kappa shape index (κ2) is 4.30. The lowest BCUT2D eigenvalue weighted by molar-refractivity contribution is 0.0531. The van der Waals surface area contributed by atoms with Crippen LogP contribution in [0.2, 0.25) is 0 Å². The van der Waals surface area contributed by atoms with E-state index in [2.05, 4.69) is 0 Å². The molecule has 1 N–H and O–H groups in total. The molecular formula is C10H12O4S. The summed E-state index contributed by atoms with van der Waals surface area (Å²) in [5, 5.41) is 10.9. The first-order valence-electron chi connectivity index (χ1n) is 4.79. The first-order valence-corrected chi connectivity index (χ1v) is 5.67. The van der Waals surface area contributed by atoms with E-state index in [0.717, 1.165) is 5.56 Å². The van der Waals surface area contributed by atoms with E-state index in [9.17, 15) is 4.79 Å². The van der Waals surface area contributed by atoms with E-state index in [0.29, 0.717) is 17.9 Å². The topological polar surface area (TPSA) is 59.1 Å². The normalized spacial score (nSPS) is 23.9. The lowest BCUT2D eigenvalue weighted by Gasteiger charge is -2.01. The quantitative estimate of drug-likeness (QED) is 0.621. The maximum Gasteiger partial charge on any atom is 0.348 e. The predicted molar refractivity (Wildman–Crippen MR) is 54.9 cm³/mol. The SMILES string of the molecule is CCOC(=O)c1sccc1CC1OC1O. The fraction of sp³-hybridized carbons (Fsp3) is 0.500. The zero-order valence-electron chi connectivity index (χ0n) is 8.30. The molecule has 2 rings (SSSR count). The second-order valence-corrected chi connectivity index (χ2v) is 4.18. The van der Waals surface area contributed by atoms with Crippen LogP contribution in [0.3, 0.4) is 0 Å². The molecule has 1 fully saturated rings. The van der Waals surface area contributed by atoms with Crippen LogP contribution in [-0.2, 0) is 15.9 Å². The Labute approximate surface area is 91.4 Å². The number of aliphatic hydroxyl groups excluding tert-OH is 1. The Hall–Kier alpha value is -0.910. The highest BCUT2D eigenvalue weighted by atomic mass is 32.1. The molecule has 1 aromatic heterocycles. The maximum absolute atomic E-state index is 11.5. The van der Waals surface area contributed by atoms with E-state index < -0.39 is 6.29 Å². The molecule has 1 aliphatic heterocycles. The number of thiophene rings is 1. The Kier molecular flexibility index (Phi) is 3.04. The van der Waals surface area contributed by atoms with Crippen LogP contribution in [0.4, 0.5) is 0 Å². The summed E-state index contributed by atoms with van der Waals surface area (Å²) in [4.78, 5) is 12.1. The first kappa shape index (κ1) is 10.6. The molecule has 5 heteroatoms. The third kappa shape index (κ3) is 2.37. The molecule has 1 saturated heterocycles. The molecule has 15 heavy (non-hydrogen) atoms. The lowest BCUT2D eigenvalue weighted by atomic mass is 10.1. The van der Waals surface area contributed by atoms with E-state index in [1.165, 1.54) is 11.3 Å². The van der Waals surface area contributed by atoms with Crippen LogP contribution in [0.15, 0.2) is 11.4 Å². The summed E-state index contributed by atoms with van der Waals surface area (Å²) in [6.45, 7) is 2.15. The minimum atomic E-state index is -0.667. The van der Waals surface area contributed by atoms with Crippen molar-refractivity contribution in [1.82, 2.24) is 0 Å². The molecule has 4 nitrogen and oxygen atoms in total. The number of carbonyl (C=O) groups excluding carboxylic acids is 1. The highest BCUT2D eigenvalue weighted by Crippen LogP contribution is 2.27. The van der Waals surface area contributed by atoms with Crippen molar-refractivity contribution in [3.05, 3.63) is 21.9 Å². The van der Waals surface area contributed by atoms with Gasteiger partial charge in [0.1, 0.15) is 11.0 Å². The third-order valence-corrected chi connectivity index (χ3v) is 3.12. The highest BCUT2D eigenvalue weighted by molar-refractivity contribution is 7.12. The molecule has 0 aliphatic carbocycles. The second-order valence-electron chi connectivity index (χ2n) is 3.26. The number of hydrogen-bond acceptors (Lipinski definition) is 5. The average molecular weight is 228 g/mol. The van der Waals surface area contributed by atoms with Crippen molar-refractivity contribution < 1.29 is 19.4 Å². The largest absolute Gasteiger partial charge is 0.462 e. The van der Waals surface area contributed by atoms with Gasteiger partial charge in [-0.3, -0.25) is 0 Å². The number of carbonyl (C=O) groups is 1. The Morgan fingerprint density at radius 3 is 3.07 bits per heavy atom. The van der Waals surface area contributed by atoms with Crippen LogP contribution in [0, 0.1) is 0 Å². The minimum absolute atomic E-state index is 0.159. The van der Waals surface area contributed by atoms with Gasteiger partial charge in [0, 0.05) is 6.42 Å². The summed E-state index contributed by atoms with van der Waals surface area (Å²) < 4.78 is 9.82. The number of ether oxygens (including phenoxy) is 2. The number of hydrogen-bond donors (Lipinski definition) is 1. The minimum Gasteiger partial charge on any atom is -0.462 e. The third-order valence-electron chi connectivity index (χ3n) is 2.18. The lowest BCUT2D eigenvalue weighted by Crippen LogP contribution is -2.07. The van der Waals surface area contributed by atoms with Crippen LogP contribution in [-0.4, -0.2) is 30.1 Å². The molecule has 1 aliphatic rings. The van der Waals surface area contributed by atoms with Crippen molar-refractivity contribution in [2.75, 3.05) is 6.61 Å². The van der Waals surface area contributed by atoms with Gasteiger partial charge in [-0.2, -0.15) is 0 Å². The van der Waals surface area contributed by atoms with Gasteiger partial charge in [0.15, 0.2) is 6.29 Å². The molecule has 0 saturated carbocycles. The Morgan fingerprint density at radius 1 is 1.73 bits per heavy atom. The smallest absolute Gasteiger partial charge is 0.348 e. The maximum atomic E-state index is 11.5. The predicted octanol–water partition coefficient (Wildman–Crippen LogP) is 1.18. The van der Waals surface area contributed by atoms with E-state index in [1.807, 2.05) is 11.4 Å². The van der Waals surface area contributed by atoms with Gasteiger partial charge in [-0.1, -0.05) is 0 Å². The van der Waals surface area contributed by atoms with Crippen LogP contribution in [0.25, 0.3) is 0 Å². The van der Waals surface area contributed by atoms with Crippen molar-refractivity contribution in [3.8, 4) is 0 Å². The summed E-state index contributed by atoms with van der Waals surface area (Å²) in [5.74, 6) is -0.294. The Morgan fingerprint density at radius 2 is 2.47 bits per heavy atom. The standard InChI is InChI=1S/C10H12O4S/c1-2-13-10(12)8-6(3-4-15-8)5-7-9(11)14-7/h3-4,7,9,11H,2,5H2,1H3. The highest BCUT2D eigenvalue weighted by Gasteiger charge is 2.37. The van der Waals surface area contributed by atoms with Gasteiger partial charge >= 0.3 is 5.97 Å². The first-order chi connectivity index (χ1) is 7.22. The van der Waals surface area contributed by atoms with Gasteiger partial charge in [0.2, 0.25) is 0 Å². The molecule has 2 unspecified atom stereocenters. The summed E-state index contributed by atoms with van der Waals surface area (Å²) in [7, 11) is 0. The van der Waals surface area contributed by atoms with E-state index in [1.54, 1.807) is 6.92 Å². The molecule has 0 spiro atoms. The number of aliphatic hydroxyl groups is 1. The van der Waals surface area contributed by atoms with Crippen LogP contribution >= 0.6 is 11.3 Å². The molecule has 0 aromatic carbocycles. The number of epoxide rings is 1. The molecule has 2 heterocycles. The average Bonchev–Trinajstić information content (AvgIpc) is 2.72. The zero-order valence-corrected chi connectivity index (χ0v) is 9.12. The van der Waals surface area contributed by atoms with Gasteiger partial charge in [0.05, 0.1) is 6.61 Å². The van der Waals surface area contributed by atoms with E-state index >= 15 is 0 Å². The van der Waals surface area contributed by atoms with Gasteiger partial charge < -0.3 is 14.6 Å². The molecular weight excluding hydrogens is 216 g/mol. The Balaban J connectivity index is 2.04. The molecule has 0 amide bonds. The number of rotatable bonds is 4. The summed E-state index contributed by atoms with van der Waals surface area (Å²) in [6.07, 6.45) is -0.258. The molecule has 1 aromatic rings. The van der Waals surface area contributed by atoms with E-state index in [4.69, 9.17) is 14.6 Å². The van der Waals surface area contributed by atoms with Crippen molar-refractivity contribution >= 4 is 17.3 Å². The Bertz CT molecular complexity index is 360. The van der Waals surface area contributed by atoms with Gasteiger partial charge in [0.25, 0.3) is 0 Å². The molecule has 0 radical (unpaired) electrons. The van der Waals surface area contributed by atoms with Gasteiger partial charge in [-0.25, -0.2) is 4.79 Å². The summed E-state index contributed by atoms with van der Waals surface area (Å²) >= 11 is 1.36. The van der Waals surface area contributed by atoms with Crippen LogP contribution < -0.4 is 0 Å². The monoisotopic (exact) mass is 228 g/mol. The van der Waals surface area contributed by atoms with Crippen molar-refractivity contribution in [2.45, 2.75) is 25.7 Å². The summed E-state index contributed by atoms with van der Waals surface area (Å²) in [6, 6.07) is 1.87. The van der Waals surface area contributed by atoms with Crippen LogP contribution in [0.5, 0.6) is 0 Å². The van der Waals surface area contributed by atoms with Gasteiger partial charge in [-0.15, -0.1) is 11.3 Å². The van der Waals surface area contributed by atoms with E-state index in [-0.39, 0.29) is 12.1 Å². The zero-order chi connectivity index (χ0) is 10.8. The van der Waals surface area contributed by atoms with Crippen molar-refractivity contribution in [2.24, 2.45) is 0 Å². The fourth-order valence-electron chi connectivity index (χ4n) is 1.37. The molecule has 82 valence electrons. The van der Waals surface area contributed by atoms with Gasteiger partial charge in [-0.05, 0) is 23.9 Å². The fourth-order valence-corrected chi connectivity index (χ4v) is 2.20. The van der Waals surface area contributed by atoms with Crippen molar-refractivity contribution in [3.63, 3.8) is 0 Å².